The van der Waals surface area contributed by atoms with Gasteiger partial charge in [-0.3, -0.25) is 14.0 Å². The lowest BCUT2D eigenvalue weighted by Crippen LogP contribution is -2.32. The Morgan fingerprint density at radius 1 is 1.21 bits per heavy atom. The molecule has 2 rings (SSSR count). The number of nitrogens with zero attached hydrogens (tertiary/aromatic N) is 2. The Labute approximate surface area is 163 Å². The maximum atomic E-state index is 12.5. The smallest absolute Gasteiger partial charge is 0.268 e. The van der Waals surface area contributed by atoms with Crippen molar-refractivity contribution in [3.8, 4) is 0 Å². The molecule has 0 radical (unpaired) electrons. The molecule has 28 heavy (non-hydrogen) atoms. The third-order valence-electron chi connectivity index (χ3n) is 3.81. The summed E-state index contributed by atoms with van der Waals surface area (Å²) in [4.78, 5) is 28.6. The highest BCUT2D eigenvalue weighted by atomic mass is 16.5. The van der Waals surface area contributed by atoms with Gasteiger partial charge in [0, 0.05) is 12.7 Å². The molecule has 0 saturated heterocycles. The summed E-state index contributed by atoms with van der Waals surface area (Å²) in [5.41, 5.74) is 1.47. The molecule has 2 aromatic heterocycles. The zero-order valence-electron chi connectivity index (χ0n) is 15.8. The number of aromatic nitrogens is 2. The molecule has 4 N–H and O–H groups in total. The Morgan fingerprint density at radius 2 is 2.00 bits per heavy atom. The summed E-state index contributed by atoms with van der Waals surface area (Å²) in [5, 5.41) is 22.8. The van der Waals surface area contributed by atoms with Crippen LogP contribution >= 0.6 is 0 Å². The number of hydrogen-bond donors (Lipinski definition) is 4. The van der Waals surface area contributed by atoms with E-state index in [0.29, 0.717) is 23.6 Å². The van der Waals surface area contributed by atoms with Gasteiger partial charge in [-0.05, 0) is 25.0 Å². The quantitative estimate of drug-likeness (QED) is 0.276. The standard InChI is InChI=1S/C20H26N4O4/c1-2-3-4-5-6-7-11-21-20(28)16-9-8-10-17-23-15(14-24(16)17)12-18(25)22-13-19(26)27/h3-6,8-10,14,19,26-27H,2,7,11-13H2,1H3,(H,21,28)(H,22,25)/b4-3-,6-5-. The van der Waals surface area contributed by atoms with Gasteiger partial charge in [-0.1, -0.05) is 37.3 Å². The van der Waals surface area contributed by atoms with E-state index < -0.39 is 6.29 Å². The predicted molar refractivity (Wildman–Crippen MR) is 106 cm³/mol. The van der Waals surface area contributed by atoms with Gasteiger partial charge in [0.05, 0.1) is 18.7 Å². The van der Waals surface area contributed by atoms with E-state index in [1.54, 1.807) is 28.8 Å². The van der Waals surface area contributed by atoms with E-state index in [0.717, 1.165) is 12.8 Å². The number of carbonyl (C=O) groups is 2. The van der Waals surface area contributed by atoms with Gasteiger partial charge in [-0.2, -0.15) is 0 Å². The molecule has 0 aromatic carbocycles. The first-order valence-electron chi connectivity index (χ1n) is 9.21. The molecular weight excluding hydrogens is 360 g/mol. The molecule has 0 unspecified atom stereocenters. The van der Waals surface area contributed by atoms with Crippen LogP contribution in [0.2, 0.25) is 0 Å². The Kier molecular flexibility index (Phi) is 8.38. The van der Waals surface area contributed by atoms with E-state index in [1.807, 2.05) is 18.2 Å². The van der Waals surface area contributed by atoms with Crippen LogP contribution in [0.25, 0.3) is 5.65 Å². The molecule has 0 aliphatic rings. The highest BCUT2D eigenvalue weighted by Gasteiger charge is 2.13. The Morgan fingerprint density at radius 3 is 2.75 bits per heavy atom. The van der Waals surface area contributed by atoms with Crippen LogP contribution < -0.4 is 10.6 Å². The van der Waals surface area contributed by atoms with Crippen LogP contribution in [0, 0.1) is 0 Å². The third kappa shape index (κ3) is 6.64. The average molecular weight is 386 g/mol. The molecule has 0 spiro atoms. The fourth-order valence-corrected chi connectivity index (χ4v) is 2.51. The van der Waals surface area contributed by atoms with E-state index in [2.05, 4.69) is 28.6 Å². The fraction of sp³-hybridized carbons (Fsp3) is 0.350. The average Bonchev–Trinajstić information content (AvgIpc) is 3.07. The van der Waals surface area contributed by atoms with Crippen molar-refractivity contribution in [3.63, 3.8) is 0 Å². The molecule has 8 nitrogen and oxygen atoms in total. The number of allylic oxidation sites excluding steroid dienone is 3. The van der Waals surface area contributed by atoms with Crippen molar-refractivity contribution >= 4 is 17.5 Å². The third-order valence-corrected chi connectivity index (χ3v) is 3.81. The number of hydrogen-bond acceptors (Lipinski definition) is 5. The number of fused-ring (bicyclic) bond motifs is 1. The van der Waals surface area contributed by atoms with Crippen LogP contribution in [0.5, 0.6) is 0 Å². The molecule has 2 heterocycles. The lowest BCUT2D eigenvalue weighted by molar-refractivity contribution is -0.122. The van der Waals surface area contributed by atoms with Gasteiger partial charge in [0.2, 0.25) is 5.91 Å². The second-order valence-electron chi connectivity index (χ2n) is 6.14. The number of imidazole rings is 1. The molecular formula is C20H26N4O4. The Balaban J connectivity index is 1.98. The largest absolute Gasteiger partial charge is 0.367 e. The van der Waals surface area contributed by atoms with Gasteiger partial charge >= 0.3 is 0 Å². The van der Waals surface area contributed by atoms with E-state index >= 15 is 0 Å². The van der Waals surface area contributed by atoms with Gasteiger partial charge in [-0.15, -0.1) is 0 Å². The summed E-state index contributed by atoms with van der Waals surface area (Å²) in [5.74, 6) is -0.605. The highest BCUT2D eigenvalue weighted by Crippen LogP contribution is 2.10. The molecule has 2 amide bonds. The lowest BCUT2D eigenvalue weighted by Gasteiger charge is -2.06. The van der Waals surface area contributed by atoms with Crippen molar-refractivity contribution < 1.29 is 19.8 Å². The van der Waals surface area contributed by atoms with Crippen molar-refractivity contribution in [1.82, 2.24) is 20.0 Å². The van der Waals surface area contributed by atoms with Gasteiger partial charge in [0.15, 0.2) is 6.29 Å². The molecule has 0 saturated carbocycles. The first kappa shape index (κ1) is 21.3. The molecule has 0 fully saturated rings. The van der Waals surface area contributed by atoms with Crippen LogP contribution in [-0.2, 0) is 11.2 Å². The number of rotatable bonds is 10. The summed E-state index contributed by atoms with van der Waals surface area (Å²) in [7, 11) is 0. The SMILES string of the molecule is CC/C=C\C=C/CCNC(=O)c1cccc2nc(CC(=O)NCC(O)O)cn12. The van der Waals surface area contributed by atoms with Crippen molar-refractivity contribution in [1.29, 1.82) is 0 Å². The first-order valence-corrected chi connectivity index (χ1v) is 9.21. The van der Waals surface area contributed by atoms with Crippen LogP contribution in [0.1, 0.15) is 35.9 Å². The molecule has 8 heteroatoms. The van der Waals surface area contributed by atoms with Crippen LogP contribution in [0.3, 0.4) is 0 Å². The van der Waals surface area contributed by atoms with Gasteiger partial charge < -0.3 is 20.8 Å². The molecule has 0 bridgehead atoms. The minimum atomic E-state index is -1.60. The first-order chi connectivity index (χ1) is 13.5. The number of aliphatic hydroxyl groups is 2. The van der Waals surface area contributed by atoms with Gasteiger partial charge in [-0.25, -0.2) is 4.98 Å². The zero-order chi connectivity index (χ0) is 20.4. The summed E-state index contributed by atoms with van der Waals surface area (Å²) in [6.07, 6.45) is 9.71. The van der Waals surface area contributed by atoms with E-state index in [4.69, 9.17) is 10.2 Å². The van der Waals surface area contributed by atoms with Crippen molar-refractivity contribution in [3.05, 3.63) is 60.1 Å². The van der Waals surface area contributed by atoms with Crippen LogP contribution in [0.15, 0.2) is 48.7 Å². The summed E-state index contributed by atoms with van der Waals surface area (Å²) >= 11 is 0. The number of aliphatic hydroxyl groups excluding tert-OH is 1. The van der Waals surface area contributed by atoms with Crippen molar-refractivity contribution in [2.24, 2.45) is 0 Å². The maximum Gasteiger partial charge on any atom is 0.268 e. The van der Waals surface area contributed by atoms with Crippen LogP contribution in [0.4, 0.5) is 0 Å². The number of pyridine rings is 1. The monoisotopic (exact) mass is 386 g/mol. The van der Waals surface area contributed by atoms with Gasteiger partial charge in [0.25, 0.3) is 5.91 Å². The van der Waals surface area contributed by atoms with Crippen molar-refractivity contribution in [2.45, 2.75) is 32.5 Å². The maximum absolute atomic E-state index is 12.5. The number of carbonyl (C=O) groups excluding carboxylic acids is 2. The number of nitrogens with one attached hydrogen (secondary N) is 2. The molecule has 150 valence electrons. The zero-order valence-corrected chi connectivity index (χ0v) is 15.8. The van der Waals surface area contributed by atoms with Gasteiger partial charge in [0.1, 0.15) is 11.3 Å². The molecule has 0 aliphatic heterocycles. The molecule has 0 aliphatic carbocycles. The van der Waals surface area contributed by atoms with E-state index in [9.17, 15) is 9.59 Å². The predicted octanol–water partition coefficient (Wildman–Crippen LogP) is 0.946. The highest BCUT2D eigenvalue weighted by molar-refractivity contribution is 5.93. The summed E-state index contributed by atoms with van der Waals surface area (Å²) in [6, 6.07) is 5.17. The molecule has 2 aromatic rings. The summed E-state index contributed by atoms with van der Waals surface area (Å²) < 4.78 is 1.64. The van der Waals surface area contributed by atoms with Crippen molar-refractivity contribution in [2.75, 3.05) is 13.1 Å². The minimum Gasteiger partial charge on any atom is -0.367 e. The normalized spacial score (nSPS) is 11.7. The molecule has 0 atom stereocenters. The second-order valence-corrected chi connectivity index (χ2v) is 6.14. The topological polar surface area (TPSA) is 116 Å². The minimum absolute atomic E-state index is 0.0223. The summed E-state index contributed by atoms with van der Waals surface area (Å²) in [6.45, 7) is 2.33. The lowest BCUT2D eigenvalue weighted by atomic mass is 10.3. The Hall–Kier alpha value is -2.97. The second kappa shape index (κ2) is 11.0. The van der Waals surface area contributed by atoms with E-state index in [1.165, 1.54) is 0 Å². The number of amides is 2. The van der Waals surface area contributed by atoms with E-state index in [-0.39, 0.29) is 24.8 Å². The Bertz CT molecular complexity index is 855. The van der Waals surface area contributed by atoms with Crippen LogP contribution in [-0.4, -0.2) is 50.8 Å². The fourth-order valence-electron chi connectivity index (χ4n) is 2.51.